The standard InChI is InChI=1S/C16H24N2O4S/c1-12-8-13(2)17-15(21-3)14(12)9-18-10-16(11-23(18,19)20)4-6-22-7-5-16/h8H,4-7,9-11H2,1-3H3. The fourth-order valence-corrected chi connectivity index (χ4v) is 5.76. The van der Waals surface area contributed by atoms with Crippen molar-refractivity contribution in [1.82, 2.24) is 9.29 Å². The molecule has 0 aliphatic carbocycles. The third kappa shape index (κ3) is 3.22. The molecule has 23 heavy (non-hydrogen) atoms. The minimum atomic E-state index is -3.25. The summed E-state index contributed by atoms with van der Waals surface area (Å²) in [5.41, 5.74) is 2.58. The highest BCUT2D eigenvalue weighted by Gasteiger charge is 2.48. The third-order valence-electron chi connectivity index (χ3n) is 4.91. The summed E-state index contributed by atoms with van der Waals surface area (Å²) in [4.78, 5) is 4.38. The molecule has 1 aromatic rings. The SMILES string of the molecule is COc1nc(C)cc(C)c1CN1CC2(CCOCC2)CS1(=O)=O. The second-order valence-electron chi connectivity index (χ2n) is 6.71. The smallest absolute Gasteiger partial charge is 0.218 e. The van der Waals surface area contributed by atoms with Crippen LogP contribution >= 0.6 is 0 Å². The molecular weight excluding hydrogens is 316 g/mol. The molecule has 3 heterocycles. The van der Waals surface area contributed by atoms with Crippen LogP contribution in [0, 0.1) is 19.3 Å². The number of aromatic nitrogens is 1. The number of pyridine rings is 1. The van der Waals surface area contributed by atoms with Crippen LogP contribution in [0.4, 0.5) is 0 Å². The van der Waals surface area contributed by atoms with Gasteiger partial charge in [0.2, 0.25) is 15.9 Å². The monoisotopic (exact) mass is 340 g/mol. The summed E-state index contributed by atoms with van der Waals surface area (Å²) in [6, 6.07) is 1.96. The van der Waals surface area contributed by atoms with Crippen LogP contribution in [0.2, 0.25) is 0 Å². The van der Waals surface area contributed by atoms with Crippen LogP contribution < -0.4 is 4.74 Å². The lowest BCUT2D eigenvalue weighted by Gasteiger charge is -2.31. The molecule has 1 aromatic heterocycles. The molecule has 0 amide bonds. The second-order valence-corrected chi connectivity index (χ2v) is 8.67. The van der Waals surface area contributed by atoms with Crippen LogP contribution in [0.5, 0.6) is 5.88 Å². The number of hydrogen-bond donors (Lipinski definition) is 0. The minimum Gasteiger partial charge on any atom is -0.481 e. The first kappa shape index (κ1) is 16.7. The largest absolute Gasteiger partial charge is 0.481 e. The van der Waals surface area contributed by atoms with Crippen molar-refractivity contribution in [2.24, 2.45) is 5.41 Å². The van der Waals surface area contributed by atoms with E-state index in [-0.39, 0.29) is 11.2 Å². The van der Waals surface area contributed by atoms with Gasteiger partial charge in [0.15, 0.2) is 0 Å². The Kier molecular flexibility index (Phi) is 4.37. The fraction of sp³-hybridized carbons (Fsp3) is 0.688. The molecule has 6 nitrogen and oxygen atoms in total. The van der Waals surface area contributed by atoms with E-state index in [9.17, 15) is 8.42 Å². The van der Waals surface area contributed by atoms with Gasteiger partial charge in [0.05, 0.1) is 12.9 Å². The van der Waals surface area contributed by atoms with E-state index in [1.807, 2.05) is 19.9 Å². The summed E-state index contributed by atoms with van der Waals surface area (Å²) >= 11 is 0. The van der Waals surface area contributed by atoms with Gasteiger partial charge >= 0.3 is 0 Å². The molecular formula is C16H24N2O4S. The molecule has 0 N–H and O–H groups in total. The van der Waals surface area contributed by atoms with E-state index in [0.29, 0.717) is 32.2 Å². The van der Waals surface area contributed by atoms with Gasteiger partial charge in [-0.05, 0) is 38.3 Å². The molecule has 2 saturated heterocycles. The van der Waals surface area contributed by atoms with Gasteiger partial charge in [0.1, 0.15) is 0 Å². The maximum Gasteiger partial charge on any atom is 0.218 e. The van der Waals surface area contributed by atoms with Gasteiger partial charge in [-0.2, -0.15) is 4.31 Å². The maximum atomic E-state index is 12.6. The van der Waals surface area contributed by atoms with Crippen LogP contribution in [-0.2, 0) is 21.3 Å². The van der Waals surface area contributed by atoms with Gasteiger partial charge in [0.25, 0.3) is 0 Å². The molecule has 0 unspecified atom stereocenters. The van der Waals surface area contributed by atoms with E-state index in [4.69, 9.17) is 9.47 Å². The molecule has 2 fully saturated rings. The van der Waals surface area contributed by atoms with E-state index >= 15 is 0 Å². The van der Waals surface area contributed by atoms with E-state index in [1.54, 1.807) is 11.4 Å². The normalized spacial score (nSPS) is 23.3. The average Bonchev–Trinajstić information content (AvgIpc) is 2.72. The van der Waals surface area contributed by atoms with Crippen molar-refractivity contribution in [3.63, 3.8) is 0 Å². The number of aryl methyl sites for hydroxylation is 2. The number of rotatable bonds is 3. The number of hydrogen-bond acceptors (Lipinski definition) is 5. The molecule has 7 heteroatoms. The summed E-state index contributed by atoms with van der Waals surface area (Å²) in [7, 11) is -1.68. The first-order chi connectivity index (χ1) is 10.9. The van der Waals surface area contributed by atoms with Crippen LogP contribution in [0.25, 0.3) is 0 Å². The van der Waals surface area contributed by atoms with E-state index in [0.717, 1.165) is 29.7 Å². The minimum absolute atomic E-state index is 0.156. The lowest BCUT2D eigenvalue weighted by molar-refractivity contribution is 0.0242. The highest BCUT2D eigenvalue weighted by Crippen LogP contribution is 2.41. The molecule has 0 aromatic carbocycles. The van der Waals surface area contributed by atoms with Crippen molar-refractivity contribution < 1.29 is 17.9 Å². The highest BCUT2D eigenvalue weighted by atomic mass is 32.2. The third-order valence-corrected chi connectivity index (χ3v) is 6.93. The molecule has 1 spiro atoms. The van der Waals surface area contributed by atoms with Gasteiger partial charge in [-0.3, -0.25) is 0 Å². The van der Waals surface area contributed by atoms with Crippen molar-refractivity contribution in [1.29, 1.82) is 0 Å². The summed E-state index contributed by atoms with van der Waals surface area (Å²) in [6.07, 6.45) is 1.62. The Bertz CT molecular complexity index is 696. The Labute approximate surface area is 137 Å². The summed E-state index contributed by atoms with van der Waals surface area (Å²) in [6.45, 7) is 6.07. The first-order valence-corrected chi connectivity index (χ1v) is 9.53. The quantitative estimate of drug-likeness (QED) is 0.837. The van der Waals surface area contributed by atoms with Crippen molar-refractivity contribution in [3.05, 3.63) is 22.9 Å². The highest BCUT2D eigenvalue weighted by molar-refractivity contribution is 7.89. The number of sulfonamides is 1. The molecule has 0 radical (unpaired) electrons. The Balaban J connectivity index is 1.88. The van der Waals surface area contributed by atoms with Crippen molar-refractivity contribution in [3.8, 4) is 5.88 Å². The van der Waals surface area contributed by atoms with Gasteiger partial charge in [-0.25, -0.2) is 13.4 Å². The van der Waals surface area contributed by atoms with Crippen molar-refractivity contribution in [2.45, 2.75) is 33.2 Å². The zero-order valence-corrected chi connectivity index (χ0v) is 14.8. The van der Waals surface area contributed by atoms with E-state index in [2.05, 4.69) is 4.98 Å². The molecule has 0 bridgehead atoms. The second kappa shape index (κ2) is 6.03. The fourth-order valence-electron chi connectivity index (χ4n) is 3.62. The molecule has 0 saturated carbocycles. The van der Waals surface area contributed by atoms with Crippen LogP contribution in [0.15, 0.2) is 6.07 Å². The zero-order valence-electron chi connectivity index (χ0n) is 14.0. The topological polar surface area (TPSA) is 68.7 Å². The maximum absolute atomic E-state index is 12.6. The van der Waals surface area contributed by atoms with Crippen LogP contribution in [-0.4, -0.2) is 50.3 Å². The molecule has 2 aliphatic heterocycles. The van der Waals surface area contributed by atoms with Gasteiger partial charge in [-0.15, -0.1) is 0 Å². The summed E-state index contributed by atoms with van der Waals surface area (Å²) in [5.74, 6) is 0.745. The Morgan fingerprint density at radius 1 is 1.35 bits per heavy atom. The predicted molar refractivity (Wildman–Crippen MR) is 86.9 cm³/mol. The first-order valence-electron chi connectivity index (χ1n) is 7.92. The van der Waals surface area contributed by atoms with E-state index < -0.39 is 10.0 Å². The lowest BCUT2D eigenvalue weighted by atomic mass is 9.82. The molecule has 128 valence electrons. The summed E-state index contributed by atoms with van der Waals surface area (Å²) < 4.78 is 37.7. The number of nitrogens with zero attached hydrogens (tertiary/aromatic N) is 2. The van der Waals surface area contributed by atoms with Crippen LogP contribution in [0.3, 0.4) is 0 Å². The summed E-state index contributed by atoms with van der Waals surface area (Å²) in [5, 5.41) is 0. The van der Waals surface area contributed by atoms with Gasteiger partial charge in [-0.1, -0.05) is 0 Å². The molecule has 2 aliphatic rings. The van der Waals surface area contributed by atoms with E-state index in [1.165, 1.54) is 0 Å². The van der Waals surface area contributed by atoms with Gasteiger partial charge in [0, 0.05) is 43.0 Å². The Morgan fingerprint density at radius 3 is 2.70 bits per heavy atom. The average molecular weight is 340 g/mol. The molecule has 3 rings (SSSR count). The molecule has 0 atom stereocenters. The predicted octanol–water partition coefficient (Wildman–Crippen LogP) is 1.65. The Morgan fingerprint density at radius 2 is 2.04 bits per heavy atom. The Hall–Kier alpha value is -1.18. The van der Waals surface area contributed by atoms with Crippen molar-refractivity contribution in [2.75, 3.05) is 32.6 Å². The number of ether oxygens (including phenoxy) is 2. The van der Waals surface area contributed by atoms with Crippen molar-refractivity contribution >= 4 is 10.0 Å². The zero-order chi connectivity index (χ0) is 16.7. The van der Waals surface area contributed by atoms with Gasteiger partial charge < -0.3 is 9.47 Å². The lowest BCUT2D eigenvalue weighted by Crippen LogP contribution is -2.34. The number of methoxy groups -OCH3 is 1. The van der Waals surface area contributed by atoms with Crippen LogP contribution in [0.1, 0.15) is 29.7 Å².